The second-order valence-corrected chi connectivity index (χ2v) is 15.8. The van der Waals surface area contributed by atoms with Crippen LogP contribution >= 0.6 is 0 Å². The van der Waals surface area contributed by atoms with Gasteiger partial charge in [-0.3, -0.25) is 9.59 Å². The molecule has 4 heteroatoms. The number of hydrogen-bond acceptors (Lipinski definition) is 4. The number of fused-ring (bicyclic) bond motifs is 7. The Bertz CT molecular complexity index is 1000. The van der Waals surface area contributed by atoms with Gasteiger partial charge in [-0.2, -0.15) is 0 Å². The summed E-state index contributed by atoms with van der Waals surface area (Å²) in [5, 5.41) is 0. The molecule has 5 unspecified atom stereocenters. The number of carbonyl (C=O) groups is 2. The highest BCUT2D eigenvalue weighted by Gasteiger charge is 2.71. The molecule has 0 aromatic heterocycles. The standard InChI is InChI=1S/C34H54O4/c1-21(2)24-12-15-30(5)18-19-33(8)25(29(24)30)10-11-27-31(6)16-14-28(38-23(4)36)32(7,20-37-22(3)35)26(31)13-17-34(27,33)9/h24-29H,1,10-20H2,2-9H3/t24?,25?,26?,27?,28-,29?,30+,31-,32-,33+,34+/m0/s1. The molecular formula is C34H54O4. The van der Waals surface area contributed by atoms with Gasteiger partial charge in [0.05, 0.1) is 0 Å². The van der Waals surface area contributed by atoms with E-state index in [2.05, 4.69) is 48.1 Å². The molecule has 0 radical (unpaired) electrons. The fourth-order valence-corrected chi connectivity index (χ4v) is 12.1. The highest BCUT2D eigenvalue weighted by Crippen LogP contribution is 2.77. The monoisotopic (exact) mass is 526 g/mol. The molecule has 0 spiro atoms. The summed E-state index contributed by atoms with van der Waals surface area (Å²) in [4.78, 5) is 24.0. The summed E-state index contributed by atoms with van der Waals surface area (Å²) in [6.07, 6.45) is 12.1. The van der Waals surface area contributed by atoms with Crippen LogP contribution in [0.5, 0.6) is 0 Å². The number of allylic oxidation sites excluding steroid dienone is 1. The molecule has 5 aliphatic rings. The van der Waals surface area contributed by atoms with E-state index in [-0.39, 0.29) is 28.9 Å². The van der Waals surface area contributed by atoms with Crippen molar-refractivity contribution in [3.8, 4) is 0 Å². The topological polar surface area (TPSA) is 52.6 Å². The summed E-state index contributed by atoms with van der Waals surface area (Å²) in [6, 6.07) is 0. The molecule has 38 heavy (non-hydrogen) atoms. The van der Waals surface area contributed by atoms with Crippen molar-refractivity contribution in [3.63, 3.8) is 0 Å². The van der Waals surface area contributed by atoms with E-state index in [1.807, 2.05) is 0 Å². The first kappa shape index (κ1) is 28.2. The minimum atomic E-state index is -0.356. The molecule has 4 nitrogen and oxygen atoms in total. The minimum Gasteiger partial charge on any atom is -0.465 e. The van der Waals surface area contributed by atoms with Crippen molar-refractivity contribution < 1.29 is 19.1 Å². The first-order chi connectivity index (χ1) is 17.6. The maximum Gasteiger partial charge on any atom is 0.302 e. The number of esters is 2. The zero-order valence-electron chi connectivity index (χ0n) is 25.6. The van der Waals surface area contributed by atoms with Gasteiger partial charge in [0.2, 0.25) is 0 Å². The van der Waals surface area contributed by atoms with Crippen molar-refractivity contribution in [3.05, 3.63) is 12.2 Å². The van der Waals surface area contributed by atoms with E-state index in [0.29, 0.717) is 40.6 Å². The number of rotatable bonds is 4. The highest BCUT2D eigenvalue weighted by molar-refractivity contribution is 5.66. The van der Waals surface area contributed by atoms with Gasteiger partial charge in [0.25, 0.3) is 0 Å². The van der Waals surface area contributed by atoms with Gasteiger partial charge in [-0.1, -0.05) is 46.8 Å². The fraction of sp³-hybridized carbons (Fsp3) is 0.882. The van der Waals surface area contributed by atoms with Crippen LogP contribution in [0.3, 0.4) is 0 Å². The van der Waals surface area contributed by atoms with Gasteiger partial charge in [-0.05, 0) is 122 Å². The predicted octanol–water partition coefficient (Wildman–Crippen LogP) is 8.14. The Kier molecular flexibility index (Phi) is 6.76. The van der Waals surface area contributed by atoms with Gasteiger partial charge in [-0.15, -0.1) is 0 Å². The molecule has 5 aliphatic carbocycles. The van der Waals surface area contributed by atoms with E-state index in [4.69, 9.17) is 9.47 Å². The fourth-order valence-electron chi connectivity index (χ4n) is 12.1. The van der Waals surface area contributed by atoms with E-state index < -0.39 is 0 Å². The van der Waals surface area contributed by atoms with Crippen LogP contribution in [0.2, 0.25) is 0 Å². The van der Waals surface area contributed by atoms with Crippen molar-refractivity contribution >= 4 is 11.9 Å². The molecule has 0 heterocycles. The Morgan fingerprint density at radius 3 is 2.11 bits per heavy atom. The zero-order chi connectivity index (χ0) is 27.9. The van der Waals surface area contributed by atoms with Crippen LogP contribution in [-0.4, -0.2) is 24.6 Å². The molecule has 0 N–H and O–H groups in total. The van der Waals surface area contributed by atoms with Crippen LogP contribution in [-0.2, 0) is 19.1 Å². The van der Waals surface area contributed by atoms with E-state index >= 15 is 0 Å². The Morgan fingerprint density at radius 1 is 0.763 bits per heavy atom. The van der Waals surface area contributed by atoms with Gasteiger partial charge in [-0.25, -0.2) is 0 Å². The summed E-state index contributed by atoms with van der Waals surface area (Å²) >= 11 is 0. The summed E-state index contributed by atoms with van der Waals surface area (Å²) in [7, 11) is 0. The van der Waals surface area contributed by atoms with Crippen LogP contribution in [0.4, 0.5) is 0 Å². The SMILES string of the molecule is C=C(C)C1CC[C@]2(C)CC[C@]3(C)C(CCC4[C@@]5(C)CC[C@H](OC(C)=O)[C@@](C)(COC(C)=O)C5CC[C@]43C)C12. The van der Waals surface area contributed by atoms with Crippen LogP contribution in [0.25, 0.3) is 0 Å². The summed E-state index contributed by atoms with van der Waals surface area (Å²) < 4.78 is 11.7. The normalized spacial score (nSPS) is 51.6. The molecule has 11 atom stereocenters. The van der Waals surface area contributed by atoms with Crippen molar-refractivity contribution in [2.45, 2.75) is 126 Å². The molecule has 5 fully saturated rings. The molecule has 0 aromatic carbocycles. The Balaban J connectivity index is 1.51. The third kappa shape index (κ3) is 3.80. The third-order valence-electron chi connectivity index (χ3n) is 14.1. The first-order valence-electron chi connectivity index (χ1n) is 15.6. The average Bonchev–Trinajstić information content (AvgIpc) is 3.18. The molecule has 0 aliphatic heterocycles. The maximum atomic E-state index is 12.1. The van der Waals surface area contributed by atoms with Gasteiger partial charge >= 0.3 is 11.9 Å². The smallest absolute Gasteiger partial charge is 0.302 e. The van der Waals surface area contributed by atoms with Gasteiger partial charge in [0.15, 0.2) is 0 Å². The van der Waals surface area contributed by atoms with Crippen LogP contribution in [0, 0.1) is 56.7 Å². The highest BCUT2D eigenvalue weighted by atomic mass is 16.6. The molecule has 0 bridgehead atoms. The first-order valence-corrected chi connectivity index (χ1v) is 15.6. The lowest BCUT2D eigenvalue weighted by molar-refractivity contribution is -0.256. The lowest BCUT2D eigenvalue weighted by atomic mass is 9.32. The minimum absolute atomic E-state index is 0.150. The van der Waals surface area contributed by atoms with E-state index in [9.17, 15) is 9.59 Å². The average molecular weight is 527 g/mol. The lowest BCUT2D eigenvalue weighted by Gasteiger charge is -2.73. The van der Waals surface area contributed by atoms with Gasteiger partial charge < -0.3 is 9.47 Å². The quantitative estimate of drug-likeness (QED) is 0.274. The number of hydrogen-bond donors (Lipinski definition) is 0. The van der Waals surface area contributed by atoms with Crippen molar-refractivity contribution in [2.75, 3.05) is 6.61 Å². The third-order valence-corrected chi connectivity index (χ3v) is 14.1. The molecular weight excluding hydrogens is 472 g/mol. The Labute approximate surface area is 232 Å². The second-order valence-electron chi connectivity index (χ2n) is 15.8. The molecule has 0 aromatic rings. The van der Waals surface area contributed by atoms with E-state index in [0.717, 1.165) is 31.1 Å². The maximum absolute atomic E-state index is 12.1. The van der Waals surface area contributed by atoms with Crippen LogP contribution in [0.1, 0.15) is 120 Å². The summed E-state index contributed by atoms with van der Waals surface area (Å²) in [6.45, 7) is 22.9. The summed E-state index contributed by atoms with van der Waals surface area (Å²) in [5.41, 5.74) is 2.31. The van der Waals surface area contributed by atoms with Crippen LogP contribution < -0.4 is 0 Å². The molecule has 214 valence electrons. The molecule has 5 saturated carbocycles. The van der Waals surface area contributed by atoms with Gasteiger partial charge in [0.1, 0.15) is 12.7 Å². The van der Waals surface area contributed by atoms with Gasteiger partial charge in [0, 0.05) is 19.3 Å². The summed E-state index contributed by atoms with van der Waals surface area (Å²) in [5.74, 6) is 2.77. The van der Waals surface area contributed by atoms with Crippen molar-refractivity contribution in [1.29, 1.82) is 0 Å². The zero-order valence-corrected chi connectivity index (χ0v) is 25.6. The number of ether oxygens (including phenoxy) is 2. The van der Waals surface area contributed by atoms with Crippen molar-refractivity contribution in [1.82, 2.24) is 0 Å². The Morgan fingerprint density at radius 2 is 1.47 bits per heavy atom. The molecule has 0 amide bonds. The lowest BCUT2D eigenvalue weighted by Crippen LogP contribution is -2.67. The van der Waals surface area contributed by atoms with Crippen molar-refractivity contribution in [2.24, 2.45) is 56.7 Å². The Hall–Kier alpha value is -1.32. The number of carbonyl (C=O) groups excluding carboxylic acids is 2. The van der Waals surface area contributed by atoms with Crippen LogP contribution in [0.15, 0.2) is 12.2 Å². The second kappa shape index (κ2) is 9.10. The van der Waals surface area contributed by atoms with E-state index in [1.165, 1.54) is 64.4 Å². The largest absolute Gasteiger partial charge is 0.465 e. The predicted molar refractivity (Wildman–Crippen MR) is 151 cm³/mol. The molecule has 5 rings (SSSR count). The molecule has 0 saturated heterocycles. The van der Waals surface area contributed by atoms with E-state index in [1.54, 1.807) is 0 Å².